The molecular weight excluding hydrogens is 472 g/mol. The van der Waals surface area contributed by atoms with Crippen LogP contribution in [0.4, 0.5) is 16.5 Å². The Bertz CT molecular complexity index is 1350. The first-order valence-electron chi connectivity index (χ1n) is 10.6. The fraction of sp³-hybridized carbons (Fsp3) is 0.217. The second-order valence-corrected chi connectivity index (χ2v) is 9.40. The molecule has 0 aliphatic carbocycles. The molecule has 2 aromatic heterocycles. The molecule has 2 N–H and O–H groups in total. The molecule has 1 amide bonds. The minimum Gasteiger partial charge on any atom is -0.492 e. The maximum absolute atomic E-state index is 13.0. The Balaban J connectivity index is 1.40. The number of carbonyl (C=O) groups excluding carboxylic acids is 1. The zero-order valence-corrected chi connectivity index (χ0v) is 20.6. The SMILES string of the molecule is CCOc1ccccc1Nc1nnc(SCC(=O)Nc2c(C)n(C)n(-c3ccccc3)c2=O)s1. The molecular formula is C23H24N6O3S2. The average molecular weight is 497 g/mol. The number of ether oxygens (including phenoxy) is 1. The number of anilines is 3. The van der Waals surface area contributed by atoms with Crippen LogP contribution in [0.5, 0.6) is 5.75 Å². The summed E-state index contributed by atoms with van der Waals surface area (Å²) in [7, 11) is 1.79. The first-order valence-corrected chi connectivity index (χ1v) is 12.4. The molecule has 4 rings (SSSR count). The Kier molecular flexibility index (Phi) is 7.33. The van der Waals surface area contributed by atoms with Gasteiger partial charge in [-0.25, -0.2) is 4.68 Å². The van der Waals surface area contributed by atoms with E-state index < -0.39 is 0 Å². The topological polar surface area (TPSA) is 103 Å². The number of thioether (sulfide) groups is 1. The van der Waals surface area contributed by atoms with E-state index in [-0.39, 0.29) is 22.9 Å². The van der Waals surface area contributed by atoms with Crippen LogP contribution in [0.2, 0.25) is 0 Å². The van der Waals surface area contributed by atoms with Crippen LogP contribution < -0.4 is 20.9 Å². The highest BCUT2D eigenvalue weighted by Crippen LogP contribution is 2.31. The molecule has 0 fully saturated rings. The van der Waals surface area contributed by atoms with E-state index in [2.05, 4.69) is 20.8 Å². The maximum atomic E-state index is 13.0. The molecule has 0 atom stereocenters. The number of aromatic nitrogens is 4. The van der Waals surface area contributed by atoms with Gasteiger partial charge < -0.3 is 15.4 Å². The molecule has 0 aliphatic rings. The van der Waals surface area contributed by atoms with Gasteiger partial charge in [-0.1, -0.05) is 53.4 Å². The molecule has 0 unspecified atom stereocenters. The van der Waals surface area contributed by atoms with Crippen LogP contribution in [0.1, 0.15) is 12.6 Å². The lowest BCUT2D eigenvalue weighted by Gasteiger charge is -2.09. The third-order valence-corrected chi connectivity index (χ3v) is 6.95. The lowest BCUT2D eigenvalue weighted by Crippen LogP contribution is -2.23. The van der Waals surface area contributed by atoms with Crippen molar-refractivity contribution in [2.75, 3.05) is 23.0 Å². The summed E-state index contributed by atoms with van der Waals surface area (Å²) >= 11 is 2.60. The number of nitrogens with one attached hydrogen (secondary N) is 2. The number of carbonyl (C=O) groups is 1. The van der Waals surface area contributed by atoms with Gasteiger partial charge in [-0.3, -0.25) is 14.3 Å². The third kappa shape index (κ3) is 5.15. The van der Waals surface area contributed by atoms with Gasteiger partial charge in [-0.05, 0) is 38.1 Å². The summed E-state index contributed by atoms with van der Waals surface area (Å²) in [5, 5.41) is 14.8. The Hall–Kier alpha value is -3.57. The standard InChI is InChI=1S/C23H24N6O3S2/c1-4-32-18-13-9-8-12-17(18)24-22-26-27-23(34-22)33-14-19(30)25-20-15(2)28(3)29(21(20)31)16-10-6-5-7-11-16/h5-13H,4,14H2,1-3H3,(H,24,26)(H,25,30). The van der Waals surface area contributed by atoms with Gasteiger partial charge >= 0.3 is 0 Å². The smallest absolute Gasteiger partial charge is 0.295 e. The highest BCUT2D eigenvalue weighted by molar-refractivity contribution is 8.01. The zero-order chi connectivity index (χ0) is 24.1. The van der Waals surface area contributed by atoms with Crippen LogP contribution in [-0.2, 0) is 11.8 Å². The van der Waals surface area contributed by atoms with Crippen molar-refractivity contribution < 1.29 is 9.53 Å². The van der Waals surface area contributed by atoms with Crippen LogP contribution in [0.3, 0.4) is 0 Å². The predicted molar refractivity (Wildman–Crippen MR) is 136 cm³/mol. The van der Waals surface area contributed by atoms with Crippen molar-refractivity contribution in [1.29, 1.82) is 0 Å². The highest BCUT2D eigenvalue weighted by atomic mass is 32.2. The highest BCUT2D eigenvalue weighted by Gasteiger charge is 2.18. The molecule has 0 radical (unpaired) electrons. The summed E-state index contributed by atoms with van der Waals surface area (Å²) < 4.78 is 9.51. The molecule has 2 aromatic carbocycles. The van der Waals surface area contributed by atoms with Crippen molar-refractivity contribution in [2.45, 2.75) is 18.2 Å². The van der Waals surface area contributed by atoms with Crippen LogP contribution in [0, 0.1) is 6.92 Å². The van der Waals surface area contributed by atoms with Crippen molar-refractivity contribution in [3.8, 4) is 11.4 Å². The van der Waals surface area contributed by atoms with Crippen molar-refractivity contribution in [2.24, 2.45) is 7.05 Å². The predicted octanol–water partition coefficient (Wildman–Crippen LogP) is 4.21. The van der Waals surface area contributed by atoms with Crippen LogP contribution >= 0.6 is 23.1 Å². The molecule has 0 saturated carbocycles. The second kappa shape index (κ2) is 10.6. The van der Waals surface area contributed by atoms with E-state index in [1.165, 1.54) is 27.8 Å². The largest absolute Gasteiger partial charge is 0.492 e. The van der Waals surface area contributed by atoms with E-state index in [4.69, 9.17) is 4.74 Å². The lowest BCUT2D eigenvalue weighted by atomic mass is 10.3. The van der Waals surface area contributed by atoms with Gasteiger partial charge in [0.25, 0.3) is 5.56 Å². The molecule has 2 heterocycles. The lowest BCUT2D eigenvalue weighted by molar-refractivity contribution is -0.113. The van der Waals surface area contributed by atoms with Crippen molar-refractivity contribution >= 4 is 45.5 Å². The summed E-state index contributed by atoms with van der Waals surface area (Å²) in [4.78, 5) is 25.6. The number of rotatable bonds is 9. The monoisotopic (exact) mass is 496 g/mol. The normalized spacial score (nSPS) is 10.8. The van der Waals surface area contributed by atoms with Crippen LogP contribution in [0.15, 0.2) is 63.7 Å². The van der Waals surface area contributed by atoms with E-state index in [0.29, 0.717) is 21.8 Å². The quantitative estimate of drug-likeness (QED) is 0.335. The van der Waals surface area contributed by atoms with Gasteiger partial charge in [-0.2, -0.15) is 0 Å². The van der Waals surface area contributed by atoms with Gasteiger partial charge in [0.15, 0.2) is 4.34 Å². The molecule has 34 heavy (non-hydrogen) atoms. The minimum atomic E-state index is -0.289. The van der Waals surface area contributed by atoms with Gasteiger partial charge in [0.05, 0.1) is 29.4 Å². The number of nitrogens with zero attached hydrogens (tertiary/aromatic N) is 4. The van der Waals surface area contributed by atoms with Gasteiger partial charge in [0.1, 0.15) is 11.4 Å². The van der Waals surface area contributed by atoms with E-state index in [1.54, 1.807) is 18.7 Å². The number of hydrogen-bond donors (Lipinski definition) is 2. The van der Waals surface area contributed by atoms with E-state index in [9.17, 15) is 9.59 Å². The summed E-state index contributed by atoms with van der Waals surface area (Å²) in [6.07, 6.45) is 0. The number of para-hydroxylation sites is 3. The number of amides is 1. The Morgan fingerprint density at radius 2 is 1.85 bits per heavy atom. The molecule has 0 saturated heterocycles. The third-order valence-electron chi connectivity index (χ3n) is 4.98. The van der Waals surface area contributed by atoms with E-state index in [0.717, 1.165) is 17.1 Å². The Morgan fingerprint density at radius 3 is 2.62 bits per heavy atom. The number of hydrogen-bond acceptors (Lipinski definition) is 8. The summed E-state index contributed by atoms with van der Waals surface area (Å²) in [5.41, 5.74) is 2.18. The van der Waals surface area contributed by atoms with Gasteiger partial charge in [-0.15, -0.1) is 10.2 Å². The van der Waals surface area contributed by atoms with Gasteiger partial charge in [0.2, 0.25) is 11.0 Å². The Morgan fingerprint density at radius 1 is 1.12 bits per heavy atom. The molecule has 9 nitrogen and oxygen atoms in total. The molecule has 11 heteroatoms. The second-order valence-electron chi connectivity index (χ2n) is 7.20. The molecule has 0 spiro atoms. The fourth-order valence-electron chi connectivity index (χ4n) is 3.30. The van der Waals surface area contributed by atoms with Crippen LogP contribution in [0.25, 0.3) is 5.69 Å². The minimum absolute atomic E-state index is 0.100. The van der Waals surface area contributed by atoms with Crippen molar-refractivity contribution in [3.05, 3.63) is 70.6 Å². The summed E-state index contributed by atoms with van der Waals surface area (Å²) in [6, 6.07) is 16.9. The molecule has 176 valence electrons. The first kappa shape index (κ1) is 23.6. The molecule has 0 aliphatic heterocycles. The van der Waals surface area contributed by atoms with E-state index in [1.807, 2.05) is 61.5 Å². The van der Waals surface area contributed by atoms with E-state index >= 15 is 0 Å². The molecule has 0 bridgehead atoms. The van der Waals surface area contributed by atoms with Gasteiger partial charge in [0, 0.05) is 7.05 Å². The number of benzene rings is 2. The average Bonchev–Trinajstić information content (AvgIpc) is 3.37. The molecule has 4 aromatic rings. The van der Waals surface area contributed by atoms with Crippen LogP contribution in [-0.4, -0.2) is 37.8 Å². The summed E-state index contributed by atoms with van der Waals surface area (Å²) in [6.45, 7) is 4.28. The van der Waals surface area contributed by atoms with Crippen molar-refractivity contribution in [1.82, 2.24) is 19.6 Å². The first-order chi connectivity index (χ1) is 16.5. The fourth-order valence-corrected chi connectivity index (χ4v) is 4.86. The summed E-state index contributed by atoms with van der Waals surface area (Å²) in [5.74, 6) is 0.541. The Labute approximate surface area is 204 Å². The maximum Gasteiger partial charge on any atom is 0.295 e. The van der Waals surface area contributed by atoms with Crippen molar-refractivity contribution in [3.63, 3.8) is 0 Å². The zero-order valence-electron chi connectivity index (χ0n) is 18.9.